The van der Waals surface area contributed by atoms with Crippen LogP contribution in [0.4, 0.5) is 16.2 Å². The molecule has 0 radical (unpaired) electrons. The third-order valence-corrected chi connectivity index (χ3v) is 17.2. The zero-order valence-electron chi connectivity index (χ0n) is 44.1. The molecule has 1 aliphatic heterocycles. The number of anilines is 2. The van der Waals surface area contributed by atoms with Gasteiger partial charge in [-0.05, 0) is 115 Å². The van der Waals surface area contributed by atoms with Crippen LogP contribution in [-0.2, 0) is 46.2 Å². The van der Waals surface area contributed by atoms with Crippen LogP contribution in [0.15, 0.2) is 71.9 Å². The van der Waals surface area contributed by atoms with Gasteiger partial charge in [0, 0.05) is 68.1 Å². The van der Waals surface area contributed by atoms with Crippen molar-refractivity contribution in [3.8, 4) is 5.75 Å². The van der Waals surface area contributed by atoms with Crippen molar-refractivity contribution in [2.45, 2.75) is 147 Å². The Kier molecular flexibility index (Phi) is 21.9. The van der Waals surface area contributed by atoms with E-state index in [2.05, 4.69) is 29.0 Å². The lowest BCUT2D eigenvalue weighted by atomic mass is 9.77. The van der Waals surface area contributed by atoms with Gasteiger partial charge < -0.3 is 44.7 Å². The van der Waals surface area contributed by atoms with Crippen molar-refractivity contribution >= 4 is 80.1 Å². The zero-order chi connectivity index (χ0) is 54.6. The SMILES string of the molecule is C=C/C=C(\C)Cc1cc(OC)c(Cl)c(N(C)C(=O)C[C@H](OC(=O)[C@H](C)N(C)C(=O)CCSSC(C)(C)CC(=O)N/N=C2/CCCCc3cc(N)ccc32)C(C)(O)C(=C)[C@H](C)[C@@H]2C[C@](O)([C@@H](C)OC)NC(=O)O2)c1. The maximum Gasteiger partial charge on any atom is 0.409 e. The molecule has 2 aliphatic rings. The van der Waals surface area contributed by atoms with Gasteiger partial charge in [-0.3, -0.25) is 19.7 Å². The molecular formula is C53H75ClN6O11S2. The molecule has 73 heavy (non-hydrogen) atoms. The Morgan fingerprint density at radius 1 is 1.11 bits per heavy atom. The molecule has 1 aliphatic carbocycles. The summed E-state index contributed by atoms with van der Waals surface area (Å²) in [6, 6.07) is 8.08. The number of carbonyl (C=O) groups excluding carboxylic acids is 5. The average Bonchev–Trinajstić information content (AvgIpc) is 3.54. The molecule has 4 rings (SSSR count). The largest absolute Gasteiger partial charge is 0.495 e. The Morgan fingerprint density at radius 3 is 2.45 bits per heavy atom. The highest BCUT2D eigenvalue weighted by Crippen LogP contribution is 2.41. The molecule has 17 nitrogen and oxygen atoms in total. The molecule has 7 atom stereocenters. The number of methoxy groups -OCH3 is 2. The number of hydrogen-bond acceptors (Lipinski definition) is 15. The lowest BCUT2D eigenvalue weighted by Gasteiger charge is -2.44. The van der Waals surface area contributed by atoms with E-state index < -0.39 is 70.7 Å². The molecule has 20 heteroatoms. The van der Waals surface area contributed by atoms with Gasteiger partial charge in [-0.2, -0.15) is 5.10 Å². The van der Waals surface area contributed by atoms with Gasteiger partial charge in [0.25, 0.3) is 0 Å². The Labute approximate surface area is 443 Å². The highest BCUT2D eigenvalue weighted by atomic mass is 35.5. The summed E-state index contributed by atoms with van der Waals surface area (Å²) >= 11 is 6.79. The number of allylic oxidation sites excluding steroid dienone is 3. The topological polar surface area (TPSA) is 232 Å². The summed E-state index contributed by atoms with van der Waals surface area (Å²) in [5.41, 5.74) is 10.5. The summed E-state index contributed by atoms with van der Waals surface area (Å²) in [5, 5.41) is 30.8. The number of alkyl carbamates (subject to hydrolysis) is 1. The van der Waals surface area contributed by atoms with Crippen LogP contribution in [-0.4, -0.2) is 125 Å². The summed E-state index contributed by atoms with van der Waals surface area (Å²) in [5.74, 6) is -2.35. The fourth-order valence-corrected chi connectivity index (χ4v) is 11.3. The molecule has 0 bridgehead atoms. The number of nitrogens with two attached hydrogens (primary N) is 1. The molecule has 2 aromatic carbocycles. The second-order valence-corrected chi connectivity index (χ2v) is 23.2. The quantitative estimate of drug-likeness (QED) is 0.00979. The van der Waals surface area contributed by atoms with Crippen molar-refractivity contribution in [3.63, 3.8) is 0 Å². The number of ether oxygens (including phenoxy) is 4. The molecule has 1 saturated heterocycles. The predicted molar refractivity (Wildman–Crippen MR) is 291 cm³/mol. The number of cyclic esters (lactones) is 1. The number of benzene rings is 2. The van der Waals surface area contributed by atoms with Gasteiger partial charge in [-0.25, -0.2) is 15.0 Å². The van der Waals surface area contributed by atoms with Crippen LogP contribution in [0.25, 0.3) is 0 Å². The second-order valence-electron chi connectivity index (χ2n) is 19.7. The van der Waals surface area contributed by atoms with Gasteiger partial charge >= 0.3 is 12.1 Å². The van der Waals surface area contributed by atoms with E-state index in [1.54, 1.807) is 32.1 Å². The Morgan fingerprint density at radius 2 is 1.79 bits per heavy atom. The summed E-state index contributed by atoms with van der Waals surface area (Å²) in [6.07, 6.45) is 2.65. The first-order valence-corrected chi connectivity index (χ1v) is 27.0. The number of esters is 1. The third-order valence-electron chi connectivity index (χ3n) is 13.5. The Hall–Kier alpha value is -5.05. The summed E-state index contributed by atoms with van der Waals surface area (Å²) in [6.45, 7) is 19.7. The molecule has 2 aromatic rings. The van der Waals surface area contributed by atoms with Crippen LogP contribution in [0, 0.1) is 5.92 Å². The maximum atomic E-state index is 14.4. The van der Waals surface area contributed by atoms with Gasteiger partial charge in [-0.1, -0.05) is 77.1 Å². The molecule has 4 amide bonds. The van der Waals surface area contributed by atoms with E-state index in [1.807, 2.05) is 45.0 Å². The number of hydrazone groups is 1. The zero-order valence-corrected chi connectivity index (χ0v) is 46.5. The number of likely N-dealkylation sites (N-methyl/N-ethyl adjacent to an activating group) is 1. The van der Waals surface area contributed by atoms with E-state index >= 15 is 0 Å². The van der Waals surface area contributed by atoms with Gasteiger partial charge in [0.2, 0.25) is 17.7 Å². The van der Waals surface area contributed by atoms with Crippen LogP contribution in [0.3, 0.4) is 0 Å². The minimum atomic E-state index is -2.17. The minimum absolute atomic E-state index is 0.0238. The van der Waals surface area contributed by atoms with Gasteiger partial charge in [0.15, 0.2) is 5.72 Å². The van der Waals surface area contributed by atoms with Crippen LogP contribution in [0.1, 0.15) is 110 Å². The number of carbonyl (C=O) groups is 5. The number of nitrogens with zero attached hydrogens (tertiary/aromatic N) is 3. The number of hydrogen-bond donors (Lipinski definition) is 5. The predicted octanol–water partition coefficient (Wildman–Crippen LogP) is 8.07. The van der Waals surface area contributed by atoms with Crippen molar-refractivity contribution in [2.75, 3.05) is 44.7 Å². The summed E-state index contributed by atoms with van der Waals surface area (Å²) < 4.78 is 22.0. The van der Waals surface area contributed by atoms with Gasteiger partial charge in [-0.15, -0.1) is 0 Å². The lowest BCUT2D eigenvalue weighted by molar-refractivity contribution is -0.170. The number of rotatable bonds is 24. The smallest absolute Gasteiger partial charge is 0.409 e. The van der Waals surface area contributed by atoms with E-state index in [1.165, 1.54) is 73.6 Å². The van der Waals surface area contributed by atoms with Crippen LogP contribution >= 0.6 is 33.2 Å². The molecular weight excluding hydrogens is 996 g/mol. The van der Waals surface area contributed by atoms with Gasteiger partial charge in [0.05, 0.1) is 24.9 Å². The molecule has 0 saturated carbocycles. The number of halogens is 1. The molecule has 6 N–H and O–H groups in total. The Bertz CT molecular complexity index is 2430. The number of fused-ring (bicyclic) bond motifs is 1. The van der Waals surface area contributed by atoms with Crippen molar-refractivity contribution in [1.82, 2.24) is 15.6 Å². The Balaban J connectivity index is 1.48. The van der Waals surface area contributed by atoms with Crippen molar-refractivity contribution in [1.29, 1.82) is 0 Å². The number of nitrogens with one attached hydrogen (secondary N) is 2. The molecule has 402 valence electrons. The minimum Gasteiger partial charge on any atom is -0.495 e. The molecule has 1 fully saturated rings. The fourth-order valence-electron chi connectivity index (χ4n) is 8.54. The van der Waals surface area contributed by atoms with Crippen molar-refractivity contribution < 1.29 is 53.1 Å². The molecule has 0 spiro atoms. The van der Waals surface area contributed by atoms with E-state index in [4.69, 9.17) is 36.3 Å². The van der Waals surface area contributed by atoms with Crippen LogP contribution in [0.2, 0.25) is 5.02 Å². The van der Waals surface area contributed by atoms with Crippen LogP contribution in [0.5, 0.6) is 5.75 Å². The first-order valence-electron chi connectivity index (χ1n) is 24.3. The fraction of sp³-hybridized carbons (Fsp3) is 0.547. The van der Waals surface area contributed by atoms with Crippen molar-refractivity contribution in [3.05, 3.63) is 88.5 Å². The van der Waals surface area contributed by atoms with Crippen molar-refractivity contribution in [2.24, 2.45) is 11.0 Å². The number of aliphatic hydroxyl groups is 2. The molecule has 0 aromatic heterocycles. The van der Waals surface area contributed by atoms with E-state index in [0.29, 0.717) is 23.6 Å². The average molecular weight is 1070 g/mol. The molecule has 1 heterocycles. The number of aryl methyl sites for hydroxylation is 1. The first-order chi connectivity index (χ1) is 34.2. The first kappa shape index (κ1) is 60.5. The van der Waals surface area contributed by atoms with E-state index in [0.717, 1.165) is 53.7 Å². The summed E-state index contributed by atoms with van der Waals surface area (Å²) in [7, 11) is 8.66. The van der Waals surface area contributed by atoms with E-state index in [9.17, 15) is 34.2 Å². The number of nitrogen functional groups attached to an aromatic ring is 1. The summed E-state index contributed by atoms with van der Waals surface area (Å²) in [4.78, 5) is 70.4. The lowest BCUT2D eigenvalue weighted by Crippen LogP contribution is -2.63. The standard InChI is InChI=1S/C53H75ClN6O11S2/c1-14-17-31(2)24-36-25-41(48(54)42(26-36)69-13)60(11)47(63)28-44(52(9,66)33(4)32(3)43-29-53(67,35(6)68-12)56-50(65)70-43)71-49(64)34(5)59(10)46(62)22-23-72-73-51(7,8)30-45(61)58-57-40-19-16-15-18-37-27-38(55)20-21-39(37)40/h14,17,20-21,25-27,32,34-35,43-44,66-67H,1,4,15-16,18-19,22-24,28-30,55H2,2-3,5-13H3,(H,56,65)(H,58,61)/b31-17+,57-40-/t32-,34-,35+,43-,44-,52?,53-/m0/s1. The monoisotopic (exact) mass is 1070 g/mol. The van der Waals surface area contributed by atoms with Gasteiger partial charge in [0.1, 0.15) is 40.7 Å². The maximum absolute atomic E-state index is 14.4. The molecule has 1 unspecified atom stereocenters. The second kappa shape index (κ2) is 26.4. The van der Waals surface area contributed by atoms with E-state index in [-0.39, 0.29) is 47.4 Å². The van der Waals surface area contributed by atoms with Crippen LogP contribution < -0.4 is 26.1 Å². The highest BCUT2D eigenvalue weighted by Gasteiger charge is 2.49. The normalized spacial score (nSPS) is 20.1. The number of amides is 4. The highest BCUT2D eigenvalue weighted by molar-refractivity contribution is 8.77. The third kappa shape index (κ3) is 16.2.